The summed E-state index contributed by atoms with van der Waals surface area (Å²) >= 11 is 0. The molecule has 0 radical (unpaired) electrons. The van der Waals surface area contributed by atoms with E-state index in [1.807, 2.05) is 42.5 Å². The van der Waals surface area contributed by atoms with Gasteiger partial charge in [-0.15, -0.1) is 0 Å². The van der Waals surface area contributed by atoms with Crippen molar-refractivity contribution in [3.63, 3.8) is 0 Å². The van der Waals surface area contributed by atoms with E-state index in [4.69, 9.17) is 15.2 Å². The van der Waals surface area contributed by atoms with Gasteiger partial charge in [-0.3, -0.25) is 0 Å². The van der Waals surface area contributed by atoms with E-state index in [1.165, 1.54) is 0 Å². The summed E-state index contributed by atoms with van der Waals surface area (Å²) in [4.78, 5) is 0. The van der Waals surface area contributed by atoms with E-state index in [1.54, 1.807) is 12.1 Å². The lowest BCUT2D eigenvalue weighted by molar-refractivity contribution is 0.114. The van der Waals surface area contributed by atoms with E-state index in [9.17, 15) is 5.11 Å². The molecule has 0 aliphatic carbocycles. The number of ether oxygens (including phenoxy) is 2. The Morgan fingerprint density at radius 1 is 0.947 bits per heavy atom. The predicted octanol–water partition coefficient (Wildman–Crippen LogP) is 2.18. The fourth-order valence-electron chi connectivity index (χ4n) is 1.51. The van der Waals surface area contributed by atoms with E-state index in [0.29, 0.717) is 11.5 Å². The van der Waals surface area contributed by atoms with Crippen LogP contribution in [0.2, 0.25) is 0 Å². The molecule has 0 spiro atoms. The number of nitrogens with two attached hydrogens (primary N) is 1. The lowest BCUT2D eigenvalue weighted by atomic mass is 10.3. The number of benzene rings is 2. The molecule has 1 unspecified atom stereocenters. The zero-order valence-corrected chi connectivity index (χ0v) is 10.5. The van der Waals surface area contributed by atoms with Crippen LogP contribution in [0.25, 0.3) is 0 Å². The third-order valence-electron chi connectivity index (χ3n) is 2.50. The first-order valence-electron chi connectivity index (χ1n) is 6.12. The van der Waals surface area contributed by atoms with E-state index >= 15 is 0 Å². The van der Waals surface area contributed by atoms with Crippen LogP contribution in [0.15, 0.2) is 54.6 Å². The molecule has 0 aromatic heterocycles. The molecule has 0 aliphatic heterocycles. The number of aliphatic hydroxyl groups is 1. The molecule has 1 atom stereocenters. The van der Waals surface area contributed by atoms with Gasteiger partial charge in [-0.05, 0) is 24.3 Å². The largest absolute Gasteiger partial charge is 0.491 e. The lowest BCUT2D eigenvalue weighted by Crippen LogP contribution is -2.26. The summed E-state index contributed by atoms with van der Waals surface area (Å²) in [7, 11) is 0. The second kappa shape index (κ2) is 6.78. The van der Waals surface area contributed by atoms with Crippen LogP contribution < -0.4 is 15.2 Å². The molecule has 4 heteroatoms. The molecule has 4 nitrogen and oxygen atoms in total. The van der Waals surface area contributed by atoms with Crippen LogP contribution in [0.1, 0.15) is 0 Å². The molecule has 0 fully saturated rings. The number of hydrogen-bond donors (Lipinski definition) is 2. The van der Waals surface area contributed by atoms with Gasteiger partial charge >= 0.3 is 0 Å². The zero-order chi connectivity index (χ0) is 13.5. The lowest BCUT2D eigenvalue weighted by Gasteiger charge is -2.11. The van der Waals surface area contributed by atoms with E-state index < -0.39 is 6.10 Å². The predicted molar refractivity (Wildman–Crippen MR) is 73.5 cm³/mol. The standard InChI is InChI=1S/C15H17NO3/c16-10-12(17)11-18-14-7-4-8-15(9-14)19-13-5-2-1-3-6-13/h1-9,12,17H,10-11,16H2. The highest BCUT2D eigenvalue weighted by atomic mass is 16.5. The van der Waals surface area contributed by atoms with Gasteiger partial charge in [0.25, 0.3) is 0 Å². The molecule has 3 N–H and O–H groups in total. The van der Waals surface area contributed by atoms with E-state index in [0.717, 1.165) is 5.75 Å². The maximum atomic E-state index is 9.34. The Morgan fingerprint density at radius 2 is 1.63 bits per heavy atom. The van der Waals surface area contributed by atoms with Crippen molar-refractivity contribution < 1.29 is 14.6 Å². The van der Waals surface area contributed by atoms with Crippen molar-refractivity contribution in [2.45, 2.75) is 6.10 Å². The summed E-state index contributed by atoms with van der Waals surface area (Å²) in [5.41, 5.74) is 5.31. The summed E-state index contributed by atoms with van der Waals surface area (Å²) in [6.07, 6.45) is -0.654. The minimum absolute atomic E-state index is 0.172. The number of aliphatic hydroxyl groups excluding tert-OH is 1. The van der Waals surface area contributed by atoms with Gasteiger partial charge in [-0.25, -0.2) is 0 Å². The van der Waals surface area contributed by atoms with Gasteiger partial charge in [0.1, 0.15) is 30.0 Å². The Kier molecular flexibility index (Phi) is 4.78. The fraction of sp³-hybridized carbons (Fsp3) is 0.200. The summed E-state index contributed by atoms with van der Waals surface area (Å²) in [6.45, 7) is 0.353. The molecule has 2 aromatic carbocycles. The van der Waals surface area contributed by atoms with Crippen LogP contribution in [-0.2, 0) is 0 Å². The monoisotopic (exact) mass is 259 g/mol. The summed E-state index contributed by atoms with van der Waals surface area (Å²) in [5.74, 6) is 2.09. The van der Waals surface area contributed by atoms with Crippen molar-refractivity contribution >= 4 is 0 Å². The maximum Gasteiger partial charge on any atom is 0.131 e. The highest BCUT2D eigenvalue weighted by Gasteiger charge is 2.03. The Labute approximate surface area is 112 Å². The molecule has 0 heterocycles. The molecule has 2 rings (SSSR count). The molecule has 0 aliphatic rings. The Morgan fingerprint density at radius 3 is 2.37 bits per heavy atom. The minimum Gasteiger partial charge on any atom is -0.491 e. The van der Waals surface area contributed by atoms with Gasteiger partial charge in [0, 0.05) is 12.6 Å². The van der Waals surface area contributed by atoms with Crippen LogP contribution >= 0.6 is 0 Å². The van der Waals surface area contributed by atoms with Crippen molar-refractivity contribution in [3.8, 4) is 17.2 Å². The van der Waals surface area contributed by atoms with Crippen molar-refractivity contribution in [1.29, 1.82) is 0 Å². The van der Waals surface area contributed by atoms with Gasteiger partial charge in [-0.2, -0.15) is 0 Å². The first-order valence-corrected chi connectivity index (χ1v) is 6.12. The first-order chi connectivity index (χ1) is 9.28. The number of hydrogen-bond acceptors (Lipinski definition) is 4. The van der Waals surface area contributed by atoms with Crippen LogP contribution in [-0.4, -0.2) is 24.4 Å². The highest BCUT2D eigenvalue weighted by molar-refractivity contribution is 5.36. The van der Waals surface area contributed by atoms with Crippen molar-refractivity contribution in [1.82, 2.24) is 0 Å². The molecular weight excluding hydrogens is 242 g/mol. The zero-order valence-electron chi connectivity index (χ0n) is 10.5. The second-order valence-corrected chi connectivity index (χ2v) is 4.09. The van der Waals surface area contributed by atoms with E-state index in [2.05, 4.69) is 0 Å². The molecule has 0 saturated carbocycles. The average Bonchev–Trinajstić information content (AvgIpc) is 2.46. The van der Waals surface area contributed by atoms with Gasteiger partial charge in [0.15, 0.2) is 0 Å². The normalized spacial score (nSPS) is 11.9. The topological polar surface area (TPSA) is 64.7 Å². The Hall–Kier alpha value is -2.04. The number of rotatable bonds is 6. The van der Waals surface area contributed by atoms with E-state index in [-0.39, 0.29) is 13.2 Å². The minimum atomic E-state index is -0.654. The molecule has 2 aromatic rings. The SMILES string of the molecule is NCC(O)COc1cccc(Oc2ccccc2)c1. The summed E-state index contributed by atoms with van der Waals surface area (Å²) < 4.78 is 11.1. The van der Waals surface area contributed by atoms with Crippen LogP contribution in [0, 0.1) is 0 Å². The number of para-hydroxylation sites is 1. The molecule has 19 heavy (non-hydrogen) atoms. The van der Waals surface area contributed by atoms with Gasteiger partial charge < -0.3 is 20.3 Å². The van der Waals surface area contributed by atoms with Crippen LogP contribution in [0.4, 0.5) is 0 Å². The highest BCUT2D eigenvalue weighted by Crippen LogP contribution is 2.24. The molecule has 0 bridgehead atoms. The van der Waals surface area contributed by atoms with Gasteiger partial charge in [0.2, 0.25) is 0 Å². The summed E-state index contributed by atoms with van der Waals surface area (Å²) in [5, 5.41) is 9.34. The van der Waals surface area contributed by atoms with Crippen molar-refractivity contribution in [2.24, 2.45) is 5.73 Å². The molecular formula is C15H17NO3. The van der Waals surface area contributed by atoms with Gasteiger partial charge in [0.05, 0.1) is 0 Å². The first kappa shape index (κ1) is 13.4. The molecule has 100 valence electrons. The molecule has 0 amide bonds. The van der Waals surface area contributed by atoms with Crippen LogP contribution in [0.3, 0.4) is 0 Å². The van der Waals surface area contributed by atoms with Crippen molar-refractivity contribution in [2.75, 3.05) is 13.2 Å². The second-order valence-electron chi connectivity index (χ2n) is 4.09. The Bertz CT molecular complexity index is 502. The van der Waals surface area contributed by atoms with Crippen molar-refractivity contribution in [3.05, 3.63) is 54.6 Å². The molecule has 0 saturated heterocycles. The fourth-order valence-corrected chi connectivity index (χ4v) is 1.51. The van der Waals surface area contributed by atoms with Crippen LogP contribution in [0.5, 0.6) is 17.2 Å². The third kappa shape index (κ3) is 4.28. The third-order valence-corrected chi connectivity index (χ3v) is 2.50. The van der Waals surface area contributed by atoms with Gasteiger partial charge in [-0.1, -0.05) is 24.3 Å². The quantitative estimate of drug-likeness (QED) is 0.834. The average molecular weight is 259 g/mol. The Balaban J connectivity index is 1.99. The maximum absolute atomic E-state index is 9.34. The smallest absolute Gasteiger partial charge is 0.131 e. The summed E-state index contributed by atoms with van der Waals surface area (Å²) in [6, 6.07) is 16.8.